The molecule has 1 unspecified atom stereocenters. The lowest BCUT2D eigenvalue weighted by molar-refractivity contribution is -0.279. The third-order valence-corrected chi connectivity index (χ3v) is 10.3. The second-order valence-electron chi connectivity index (χ2n) is 13.0. The number of benzene rings is 3. The topological polar surface area (TPSA) is 188 Å². The number of hydrogen-bond donors (Lipinski definition) is 1. The zero-order chi connectivity index (χ0) is 41.5. The Hall–Kier alpha value is -4.70. The van der Waals surface area contributed by atoms with Crippen LogP contribution < -0.4 is 5.32 Å². The smallest absolute Gasteiger partial charge is 0.336 e. The van der Waals surface area contributed by atoms with Crippen molar-refractivity contribution in [3.05, 3.63) is 102 Å². The average molecular weight is 828 g/mol. The average Bonchev–Trinajstić information content (AvgIpc) is 3.15. The third kappa shape index (κ3) is 14.3. The molecule has 0 bridgehead atoms. The molecule has 0 aliphatic carbocycles. The lowest BCUT2D eigenvalue weighted by Crippen LogP contribution is -2.68. The first-order valence-corrected chi connectivity index (χ1v) is 19.8. The minimum Gasteiger partial charge on any atom is -0.462 e. The third-order valence-electron chi connectivity index (χ3n) is 8.12. The summed E-state index contributed by atoms with van der Waals surface area (Å²) in [7, 11) is -2.51. The number of aryl methyl sites for hydroxylation is 1. The standard InChI is InChI=1S/C40H46NO14PS/c1-25-17-19-33(20-18-25)57-39(47)40(55-56(49-22-31-13-9-7-10-14-31)50-23-32-15-11-8-12-16-32)21-34(51-28(4)44)36(41-26(2)42)38(54-40)37(53-30(6)46)35(52-29(5)45)24-48-27(3)43/h7-20,34-38H,21-24H2,1-6H3,(H,41,42)/t34-,35+,36+,37+,38+,40?/m0/s1. The summed E-state index contributed by atoms with van der Waals surface area (Å²) in [6.45, 7) is 6.80. The van der Waals surface area contributed by atoms with E-state index in [1.165, 1.54) is 6.92 Å². The zero-order valence-corrected chi connectivity index (χ0v) is 34.1. The van der Waals surface area contributed by atoms with Gasteiger partial charge in [0.2, 0.25) is 5.91 Å². The van der Waals surface area contributed by atoms with Gasteiger partial charge in [0.25, 0.3) is 10.9 Å². The maximum absolute atomic E-state index is 14.9. The van der Waals surface area contributed by atoms with E-state index in [1.807, 2.05) is 67.6 Å². The second-order valence-corrected chi connectivity index (χ2v) is 15.2. The molecule has 0 radical (unpaired) electrons. The Labute approximate surface area is 336 Å². The van der Waals surface area contributed by atoms with Crippen LogP contribution in [-0.2, 0) is 79.2 Å². The number of carbonyl (C=O) groups excluding carboxylic acids is 6. The van der Waals surface area contributed by atoms with Gasteiger partial charge in [-0.2, -0.15) is 0 Å². The van der Waals surface area contributed by atoms with Crippen LogP contribution in [0.1, 0.15) is 57.7 Å². The summed E-state index contributed by atoms with van der Waals surface area (Å²) in [5, 5.41) is 1.92. The van der Waals surface area contributed by atoms with E-state index in [0.717, 1.165) is 56.1 Å². The van der Waals surface area contributed by atoms with Gasteiger partial charge < -0.3 is 38.0 Å². The highest BCUT2D eigenvalue weighted by molar-refractivity contribution is 8.13. The van der Waals surface area contributed by atoms with Crippen molar-refractivity contribution in [1.29, 1.82) is 0 Å². The molecule has 0 saturated carbocycles. The maximum atomic E-state index is 14.9. The van der Waals surface area contributed by atoms with E-state index < -0.39 is 92.8 Å². The summed E-state index contributed by atoms with van der Waals surface area (Å²) in [5.74, 6) is -6.36. The number of carbonyl (C=O) groups is 6. The van der Waals surface area contributed by atoms with Crippen LogP contribution in [0, 0.1) is 6.92 Å². The molecule has 1 heterocycles. The highest BCUT2D eigenvalue weighted by atomic mass is 32.2. The van der Waals surface area contributed by atoms with Crippen LogP contribution >= 0.6 is 20.4 Å². The van der Waals surface area contributed by atoms with Crippen molar-refractivity contribution in [1.82, 2.24) is 5.32 Å². The minimum absolute atomic E-state index is 0.0188. The van der Waals surface area contributed by atoms with E-state index in [4.69, 9.17) is 37.3 Å². The molecular weight excluding hydrogens is 781 g/mol. The molecule has 1 aliphatic rings. The van der Waals surface area contributed by atoms with E-state index in [-0.39, 0.29) is 13.2 Å². The molecule has 3 aromatic rings. The highest BCUT2D eigenvalue weighted by Crippen LogP contribution is 2.51. The zero-order valence-electron chi connectivity index (χ0n) is 32.4. The number of hydrogen-bond acceptors (Lipinski definition) is 15. The summed E-state index contributed by atoms with van der Waals surface area (Å²) in [5.41, 5.74) is 2.43. The Bertz CT molecular complexity index is 1790. The van der Waals surface area contributed by atoms with Gasteiger partial charge in [0.15, 0.2) is 12.2 Å². The molecule has 0 spiro atoms. The van der Waals surface area contributed by atoms with E-state index in [2.05, 4.69) is 5.32 Å². The fourth-order valence-corrected chi connectivity index (χ4v) is 7.75. The van der Waals surface area contributed by atoms with Crippen LogP contribution in [0.2, 0.25) is 0 Å². The lowest BCUT2D eigenvalue weighted by Gasteiger charge is -2.49. The number of nitrogens with one attached hydrogen (secondary N) is 1. The van der Waals surface area contributed by atoms with Gasteiger partial charge in [0.05, 0.1) is 19.3 Å². The van der Waals surface area contributed by atoms with Gasteiger partial charge in [-0.3, -0.25) is 33.3 Å². The number of amides is 1. The number of rotatable bonds is 18. The van der Waals surface area contributed by atoms with E-state index >= 15 is 0 Å². The van der Waals surface area contributed by atoms with Gasteiger partial charge in [-0.1, -0.05) is 78.4 Å². The first-order valence-electron chi connectivity index (χ1n) is 17.9. The molecule has 57 heavy (non-hydrogen) atoms. The largest absolute Gasteiger partial charge is 0.462 e. The molecule has 6 atom stereocenters. The monoisotopic (exact) mass is 827 g/mol. The van der Waals surface area contributed by atoms with Gasteiger partial charge in [-0.05, 0) is 41.9 Å². The van der Waals surface area contributed by atoms with Crippen LogP contribution in [0.3, 0.4) is 0 Å². The molecule has 17 heteroatoms. The Morgan fingerprint density at radius 3 is 1.82 bits per heavy atom. The van der Waals surface area contributed by atoms with Crippen LogP contribution in [0.5, 0.6) is 0 Å². The Morgan fingerprint density at radius 1 is 0.772 bits per heavy atom. The summed E-state index contributed by atoms with van der Waals surface area (Å²) >= 11 is 0.746. The first-order chi connectivity index (χ1) is 27.1. The molecular formula is C40H46NO14PS. The fraction of sp³-hybridized carbons (Fsp3) is 0.400. The van der Waals surface area contributed by atoms with Crippen LogP contribution in [0.4, 0.5) is 0 Å². The van der Waals surface area contributed by atoms with Gasteiger partial charge >= 0.3 is 32.5 Å². The van der Waals surface area contributed by atoms with E-state index in [9.17, 15) is 28.8 Å². The molecule has 306 valence electrons. The van der Waals surface area contributed by atoms with Crippen LogP contribution in [0.15, 0.2) is 89.8 Å². The van der Waals surface area contributed by atoms with Crippen molar-refractivity contribution in [3.8, 4) is 0 Å². The number of esters is 4. The van der Waals surface area contributed by atoms with E-state index in [1.54, 1.807) is 24.3 Å². The summed E-state index contributed by atoms with van der Waals surface area (Å²) < 4.78 is 47.9. The molecule has 1 N–H and O–H groups in total. The summed E-state index contributed by atoms with van der Waals surface area (Å²) in [6.07, 6.45) is -6.88. The van der Waals surface area contributed by atoms with Crippen molar-refractivity contribution in [2.75, 3.05) is 6.61 Å². The fourth-order valence-electron chi connectivity index (χ4n) is 5.74. The first kappa shape index (κ1) is 45.0. The predicted molar refractivity (Wildman–Crippen MR) is 206 cm³/mol. The lowest BCUT2D eigenvalue weighted by atomic mass is 9.88. The molecule has 0 aromatic heterocycles. The normalized spacial score (nSPS) is 20.1. The van der Waals surface area contributed by atoms with Crippen molar-refractivity contribution in [2.24, 2.45) is 0 Å². The summed E-state index contributed by atoms with van der Waals surface area (Å²) in [4.78, 5) is 78.0. The Kier molecular flexibility index (Phi) is 17.2. The number of thioether (sulfide) groups is 1. The highest BCUT2D eigenvalue weighted by Gasteiger charge is 2.60. The van der Waals surface area contributed by atoms with Crippen molar-refractivity contribution in [3.63, 3.8) is 0 Å². The minimum atomic E-state index is -2.51. The van der Waals surface area contributed by atoms with Crippen LogP contribution in [0.25, 0.3) is 0 Å². The molecule has 4 rings (SSSR count). The molecule has 1 amide bonds. The molecule has 15 nitrogen and oxygen atoms in total. The van der Waals surface area contributed by atoms with E-state index in [0.29, 0.717) is 4.90 Å². The molecule has 1 aliphatic heterocycles. The van der Waals surface area contributed by atoms with Crippen molar-refractivity contribution >= 4 is 55.3 Å². The SMILES string of the molecule is CC(=O)N[C@H]1[C@H]([C@H](OC(C)=O)[C@@H](COC(C)=O)OC(C)=O)OC(OP(OCc2ccccc2)OCc2ccccc2)(C(=O)Sc2ccc(C)cc2)C[C@@H]1OC(C)=O. The maximum Gasteiger partial charge on any atom is 0.336 e. The summed E-state index contributed by atoms with van der Waals surface area (Å²) in [6, 6.07) is 23.9. The Balaban J connectivity index is 1.91. The van der Waals surface area contributed by atoms with Crippen LogP contribution in [-0.4, -0.2) is 77.8 Å². The van der Waals surface area contributed by atoms with Gasteiger partial charge in [-0.25, -0.2) is 0 Å². The van der Waals surface area contributed by atoms with Gasteiger partial charge in [-0.15, -0.1) is 0 Å². The quantitative estimate of drug-likeness (QED) is 0.0718. The molecule has 3 aromatic carbocycles. The predicted octanol–water partition coefficient (Wildman–Crippen LogP) is 5.64. The number of ether oxygens (including phenoxy) is 5. The van der Waals surface area contributed by atoms with Gasteiger partial charge in [0, 0.05) is 45.9 Å². The van der Waals surface area contributed by atoms with Crippen molar-refractivity contribution in [2.45, 2.75) is 102 Å². The molecule has 1 saturated heterocycles. The van der Waals surface area contributed by atoms with Gasteiger partial charge in [0.1, 0.15) is 18.8 Å². The molecule has 1 fully saturated rings. The van der Waals surface area contributed by atoms with Crippen molar-refractivity contribution < 1.29 is 66.0 Å². The second kappa shape index (κ2) is 21.7. The Morgan fingerprint density at radius 2 is 1.33 bits per heavy atom.